The van der Waals surface area contributed by atoms with Crippen LogP contribution in [0.1, 0.15) is 85.5 Å². The summed E-state index contributed by atoms with van der Waals surface area (Å²) in [4.78, 5) is 24.4. The van der Waals surface area contributed by atoms with Crippen LogP contribution < -0.4 is 10.1 Å². The standard InChI is InChI=1S/C29H41NO6S/c1-5-6-7-8-9-10-11-12-19-36-22-13-15-23(16-14-22)37(34,35)24-17-18-26(31)25(20-24)30-28(33)21-27(32)29(2,3)4/h13-18,20,31H,5-12,19,21H2,1-4H3,(H,30,33). The minimum Gasteiger partial charge on any atom is -0.506 e. The third-order valence-corrected chi connectivity index (χ3v) is 7.88. The lowest BCUT2D eigenvalue weighted by molar-refractivity contribution is -0.130. The quantitative estimate of drug-likeness (QED) is 0.151. The summed E-state index contributed by atoms with van der Waals surface area (Å²) in [6.07, 6.45) is 9.30. The van der Waals surface area contributed by atoms with Crippen LogP contribution in [0.15, 0.2) is 52.3 Å². The molecule has 0 aliphatic rings. The fourth-order valence-corrected chi connectivity index (χ4v) is 4.95. The van der Waals surface area contributed by atoms with Crippen molar-refractivity contribution in [3.8, 4) is 11.5 Å². The van der Waals surface area contributed by atoms with Gasteiger partial charge in [0, 0.05) is 5.41 Å². The van der Waals surface area contributed by atoms with Gasteiger partial charge in [-0.2, -0.15) is 0 Å². The van der Waals surface area contributed by atoms with Crippen molar-refractivity contribution in [2.45, 2.75) is 95.3 Å². The number of benzene rings is 2. The highest BCUT2D eigenvalue weighted by molar-refractivity contribution is 7.91. The molecule has 0 aromatic heterocycles. The number of unbranched alkanes of at least 4 members (excludes halogenated alkanes) is 7. The first-order valence-electron chi connectivity index (χ1n) is 13.1. The monoisotopic (exact) mass is 531 g/mol. The Morgan fingerprint density at radius 3 is 2.03 bits per heavy atom. The van der Waals surface area contributed by atoms with Crippen LogP contribution >= 0.6 is 0 Å². The Morgan fingerprint density at radius 1 is 0.865 bits per heavy atom. The number of Topliss-reactive ketones (excluding diaryl/α,β-unsaturated/α-hetero) is 1. The highest BCUT2D eigenvalue weighted by Crippen LogP contribution is 2.30. The Balaban J connectivity index is 1.95. The lowest BCUT2D eigenvalue weighted by Gasteiger charge is -2.16. The van der Waals surface area contributed by atoms with Gasteiger partial charge in [0.15, 0.2) is 0 Å². The maximum atomic E-state index is 13.1. The van der Waals surface area contributed by atoms with Crippen LogP contribution in [0.25, 0.3) is 0 Å². The van der Waals surface area contributed by atoms with Crippen LogP contribution in [0.3, 0.4) is 0 Å². The van der Waals surface area contributed by atoms with E-state index in [4.69, 9.17) is 4.74 Å². The fraction of sp³-hybridized carbons (Fsp3) is 0.517. The summed E-state index contributed by atoms with van der Waals surface area (Å²) in [5.74, 6) is -0.579. The zero-order valence-corrected chi connectivity index (χ0v) is 23.3. The van der Waals surface area contributed by atoms with Crippen molar-refractivity contribution in [2.75, 3.05) is 11.9 Å². The first kappa shape index (κ1) is 30.4. The second-order valence-electron chi connectivity index (χ2n) is 10.4. The van der Waals surface area contributed by atoms with Gasteiger partial charge in [-0.25, -0.2) is 8.42 Å². The van der Waals surface area contributed by atoms with Gasteiger partial charge < -0.3 is 15.2 Å². The van der Waals surface area contributed by atoms with Crippen LogP contribution in [0.4, 0.5) is 5.69 Å². The molecule has 2 N–H and O–H groups in total. The van der Waals surface area contributed by atoms with Crippen LogP contribution in [0.2, 0.25) is 0 Å². The summed E-state index contributed by atoms with van der Waals surface area (Å²) in [6, 6.07) is 9.87. The van der Waals surface area contributed by atoms with Gasteiger partial charge in [-0.1, -0.05) is 72.6 Å². The molecular weight excluding hydrogens is 490 g/mol. The number of hydrogen-bond donors (Lipinski definition) is 2. The summed E-state index contributed by atoms with van der Waals surface area (Å²) >= 11 is 0. The van der Waals surface area contributed by atoms with E-state index in [9.17, 15) is 23.1 Å². The predicted octanol–water partition coefficient (Wildman–Crippen LogP) is 6.69. The largest absolute Gasteiger partial charge is 0.506 e. The molecule has 0 heterocycles. The number of phenolic OH excluding ortho intramolecular Hbond substituents is 1. The summed E-state index contributed by atoms with van der Waals surface area (Å²) in [7, 11) is -3.90. The molecular formula is C29H41NO6S. The lowest BCUT2D eigenvalue weighted by atomic mass is 9.89. The number of hydrogen-bond acceptors (Lipinski definition) is 6. The maximum Gasteiger partial charge on any atom is 0.231 e. The molecule has 0 fully saturated rings. The molecule has 2 aromatic rings. The number of anilines is 1. The smallest absolute Gasteiger partial charge is 0.231 e. The molecule has 0 radical (unpaired) electrons. The molecule has 0 saturated carbocycles. The Labute approximate surface area is 221 Å². The Morgan fingerprint density at radius 2 is 1.43 bits per heavy atom. The Hall–Kier alpha value is -2.87. The van der Waals surface area contributed by atoms with Gasteiger partial charge in [0.1, 0.15) is 17.3 Å². The van der Waals surface area contributed by atoms with Gasteiger partial charge in [-0.05, 0) is 48.9 Å². The Bertz CT molecular complexity index is 1130. The number of phenols is 1. The highest BCUT2D eigenvalue weighted by Gasteiger charge is 2.25. The fourth-order valence-electron chi connectivity index (χ4n) is 3.66. The van der Waals surface area contributed by atoms with E-state index >= 15 is 0 Å². The third-order valence-electron chi connectivity index (χ3n) is 6.11. The van der Waals surface area contributed by atoms with Crippen LogP contribution in [-0.4, -0.2) is 31.8 Å². The molecule has 0 saturated heterocycles. The van der Waals surface area contributed by atoms with Crippen LogP contribution in [0, 0.1) is 5.41 Å². The molecule has 204 valence electrons. The van der Waals surface area contributed by atoms with Crippen molar-refractivity contribution in [3.05, 3.63) is 42.5 Å². The van der Waals surface area contributed by atoms with E-state index in [-0.39, 0.29) is 33.4 Å². The van der Waals surface area contributed by atoms with Crippen molar-refractivity contribution in [3.63, 3.8) is 0 Å². The number of carbonyl (C=O) groups excluding carboxylic acids is 2. The minimum atomic E-state index is -3.90. The predicted molar refractivity (Wildman–Crippen MR) is 146 cm³/mol. The minimum absolute atomic E-state index is 0.0674. The number of ether oxygens (including phenoxy) is 1. The number of nitrogens with one attached hydrogen (secondary N) is 1. The zero-order valence-electron chi connectivity index (χ0n) is 22.5. The molecule has 37 heavy (non-hydrogen) atoms. The maximum absolute atomic E-state index is 13.1. The Kier molecular flexibility index (Phi) is 11.6. The molecule has 0 atom stereocenters. The van der Waals surface area contributed by atoms with Gasteiger partial charge in [0.05, 0.1) is 28.5 Å². The highest BCUT2D eigenvalue weighted by atomic mass is 32.2. The second-order valence-corrected chi connectivity index (χ2v) is 12.3. The molecule has 7 nitrogen and oxygen atoms in total. The average molecular weight is 532 g/mol. The van der Waals surface area contributed by atoms with E-state index in [0.29, 0.717) is 12.4 Å². The van der Waals surface area contributed by atoms with Gasteiger partial charge in [-0.15, -0.1) is 0 Å². The number of carbonyl (C=O) groups is 2. The van der Waals surface area contributed by atoms with Crippen molar-refractivity contribution >= 4 is 27.2 Å². The second kappa shape index (κ2) is 14.2. The molecule has 2 rings (SSSR count). The van der Waals surface area contributed by atoms with Crippen LogP contribution in [0.5, 0.6) is 11.5 Å². The van der Waals surface area contributed by atoms with E-state index in [1.54, 1.807) is 32.9 Å². The third kappa shape index (κ3) is 9.84. The van der Waals surface area contributed by atoms with E-state index in [0.717, 1.165) is 12.8 Å². The van der Waals surface area contributed by atoms with Crippen molar-refractivity contribution in [1.82, 2.24) is 0 Å². The van der Waals surface area contributed by atoms with Gasteiger partial charge in [0.25, 0.3) is 0 Å². The number of amides is 1. The number of aromatic hydroxyl groups is 1. The zero-order chi connectivity index (χ0) is 27.5. The number of sulfone groups is 1. The SMILES string of the molecule is CCCCCCCCCCOc1ccc(S(=O)(=O)c2ccc(O)c(NC(=O)CC(=O)C(C)(C)C)c2)cc1. The first-order chi connectivity index (χ1) is 17.4. The van der Waals surface area contributed by atoms with E-state index in [2.05, 4.69) is 12.2 Å². The summed E-state index contributed by atoms with van der Waals surface area (Å²) in [5, 5.41) is 12.6. The lowest BCUT2D eigenvalue weighted by Crippen LogP contribution is -2.26. The van der Waals surface area contributed by atoms with Crippen molar-refractivity contribution < 1.29 is 27.9 Å². The van der Waals surface area contributed by atoms with E-state index < -0.39 is 21.2 Å². The average Bonchev–Trinajstić information content (AvgIpc) is 2.84. The normalized spacial score (nSPS) is 11.8. The molecule has 8 heteroatoms. The summed E-state index contributed by atoms with van der Waals surface area (Å²) in [6.45, 7) is 7.92. The van der Waals surface area contributed by atoms with E-state index in [1.807, 2.05) is 0 Å². The molecule has 0 aliphatic carbocycles. The van der Waals surface area contributed by atoms with E-state index in [1.165, 1.54) is 68.9 Å². The van der Waals surface area contributed by atoms with Crippen LogP contribution in [-0.2, 0) is 19.4 Å². The molecule has 1 amide bonds. The molecule has 0 bridgehead atoms. The molecule has 2 aromatic carbocycles. The van der Waals surface area contributed by atoms with Gasteiger partial charge in [-0.3, -0.25) is 9.59 Å². The van der Waals surface area contributed by atoms with Crippen molar-refractivity contribution in [1.29, 1.82) is 0 Å². The number of ketones is 1. The van der Waals surface area contributed by atoms with Crippen molar-refractivity contribution in [2.24, 2.45) is 5.41 Å². The van der Waals surface area contributed by atoms with Gasteiger partial charge in [0.2, 0.25) is 15.7 Å². The molecule has 0 aliphatic heterocycles. The van der Waals surface area contributed by atoms with Gasteiger partial charge >= 0.3 is 0 Å². The molecule has 0 unspecified atom stereocenters. The number of rotatable bonds is 15. The first-order valence-corrected chi connectivity index (χ1v) is 14.6. The summed E-state index contributed by atoms with van der Waals surface area (Å²) in [5.41, 5.74) is -0.757. The molecule has 0 spiro atoms. The summed E-state index contributed by atoms with van der Waals surface area (Å²) < 4.78 is 32.0. The topological polar surface area (TPSA) is 110 Å².